The fourth-order valence-corrected chi connectivity index (χ4v) is 1.41. The molecular formula is C12H19FN4O2. The molecule has 1 heterocycles. The van der Waals surface area contributed by atoms with E-state index in [1.165, 1.54) is 6.20 Å². The highest BCUT2D eigenvalue weighted by atomic mass is 19.1. The van der Waals surface area contributed by atoms with E-state index < -0.39 is 12.8 Å². The van der Waals surface area contributed by atoms with E-state index in [2.05, 4.69) is 10.4 Å². The third kappa shape index (κ3) is 4.61. The Morgan fingerprint density at radius 2 is 2.37 bits per heavy atom. The molecule has 106 valence electrons. The van der Waals surface area contributed by atoms with Crippen LogP contribution in [0.3, 0.4) is 0 Å². The summed E-state index contributed by atoms with van der Waals surface area (Å²) in [7, 11) is 3.70. The number of aromatic nitrogens is 2. The van der Waals surface area contributed by atoms with Gasteiger partial charge in [-0.15, -0.1) is 0 Å². The van der Waals surface area contributed by atoms with Crippen molar-refractivity contribution in [1.29, 1.82) is 0 Å². The maximum absolute atomic E-state index is 12.1. The number of carbonyl (C=O) groups excluding carboxylic acids is 1. The molecule has 0 aliphatic heterocycles. The van der Waals surface area contributed by atoms with Crippen molar-refractivity contribution in [2.75, 3.05) is 27.5 Å². The number of carbonyl (C=O) groups is 1. The van der Waals surface area contributed by atoms with Crippen molar-refractivity contribution >= 4 is 5.97 Å². The Bertz CT molecular complexity index is 443. The third-order valence-electron chi connectivity index (χ3n) is 2.39. The first-order valence-corrected chi connectivity index (χ1v) is 5.93. The minimum atomic E-state index is -0.634. The highest BCUT2D eigenvalue weighted by molar-refractivity contribution is 5.88. The molecule has 6 nitrogen and oxygen atoms in total. The van der Waals surface area contributed by atoms with Gasteiger partial charge in [0.25, 0.3) is 0 Å². The lowest BCUT2D eigenvalue weighted by Crippen LogP contribution is -2.19. The Balaban J connectivity index is 2.73. The predicted molar refractivity (Wildman–Crippen MR) is 69.1 cm³/mol. The van der Waals surface area contributed by atoms with Gasteiger partial charge in [-0.1, -0.05) is 0 Å². The summed E-state index contributed by atoms with van der Waals surface area (Å²) >= 11 is 0. The summed E-state index contributed by atoms with van der Waals surface area (Å²) in [4.78, 5) is 13.3. The maximum atomic E-state index is 12.1. The Morgan fingerprint density at radius 1 is 1.63 bits per heavy atom. The molecule has 1 aromatic rings. The Hall–Kier alpha value is -2.05. The van der Waals surface area contributed by atoms with Crippen LogP contribution in [0.4, 0.5) is 4.39 Å². The first-order valence-electron chi connectivity index (χ1n) is 5.93. The van der Waals surface area contributed by atoms with E-state index in [0.29, 0.717) is 18.7 Å². The SMILES string of the molecule is CCOC(=O)c1cnn(C/C(=C/NCF)N(C)C)c1. The van der Waals surface area contributed by atoms with Gasteiger partial charge in [-0.2, -0.15) is 5.10 Å². The van der Waals surface area contributed by atoms with Crippen molar-refractivity contribution in [3.05, 3.63) is 29.9 Å². The van der Waals surface area contributed by atoms with Crippen LogP contribution in [0, 0.1) is 0 Å². The van der Waals surface area contributed by atoms with E-state index in [4.69, 9.17) is 4.74 Å². The van der Waals surface area contributed by atoms with E-state index in [9.17, 15) is 9.18 Å². The van der Waals surface area contributed by atoms with Crippen LogP contribution in [-0.4, -0.2) is 48.2 Å². The van der Waals surface area contributed by atoms with Gasteiger partial charge in [-0.3, -0.25) is 4.68 Å². The summed E-state index contributed by atoms with van der Waals surface area (Å²) in [5.41, 5.74) is 1.23. The summed E-state index contributed by atoms with van der Waals surface area (Å²) in [6, 6.07) is 0. The van der Waals surface area contributed by atoms with E-state index in [0.717, 1.165) is 5.70 Å². The normalized spacial score (nSPS) is 11.3. The Kier molecular flexibility index (Phi) is 5.84. The van der Waals surface area contributed by atoms with Crippen molar-refractivity contribution in [2.45, 2.75) is 13.5 Å². The minimum Gasteiger partial charge on any atom is -0.462 e. The first-order chi connectivity index (χ1) is 9.08. The largest absolute Gasteiger partial charge is 0.462 e. The number of nitrogens with one attached hydrogen (secondary N) is 1. The second kappa shape index (κ2) is 7.40. The van der Waals surface area contributed by atoms with Gasteiger partial charge >= 0.3 is 5.97 Å². The number of rotatable bonds is 7. The molecule has 19 heavy (non-hydrogen) atoms. The molecule has 0 amide bonds. The van der Waals surface area contributed by atoms with Crippen LogP contribution in [0.25, 0.3) is 0 Å². The number of halogens is 1. The molecule has 0 saturated carbocycles. The molecule has 0 unspecified atom stereocenters. The smallest absolute Gasteiger partial charge is 0.341 e. The summed E-state index contributed by atoms with van der Waals surface area (Å²) in [6.07, 6.45) is 4.63. The number of ether oxygens (including phenoxy) is 1. The maximum Gasteiger partial charge on any atom is 0.341 e. The highest BCUT2D eigenvalue weighted by Gasteiger charge is 2.10. The summed E-state index contributed by atoms with van der Waals surface area (Å²) < 4.78 is 18.6. The van der Waals surface area contributed by atoms with E-state index in [1.807, 2.05) is 19.0 Å². The molecule has 0 saturated heterocycles. The molecule has 0 radical (unpaired) electrons. The molecule has 0 aliphatic rings. The van der Waals surface area contributed by atoms with Gasteiger partial charge in [-0.25, -0.2) is 9.18 Å². The number of alkyl halides is 1. The molecule has 1 rings (SSSR count). The molecule has 0 aliphatic carbocycles. The summed E-state index contributed by atoms with van der Waals surface area (Å²) in [6.45, 7) is 1.87. The number of hydrogen-bond acceptors (Lipinski definition) is 5. The van der Waals surface area contributed by atoms with Crippen molar-refractivity contribution in [1.82, 2.24) is 20.0 Å². The van der Waals surface area contributed by atoms with Gasteiger partial charge in [0.15, 0.2) is 6.80 Å². The van der Waals surface area contributed by atoms with Gasteiger partial charge in [0, 0.05) is 26.5 Å². The quantitative estimate of drug-likeness (QED) is 0.591. The van der Waals surface area contributed by atoms with Gasteiger partial charge in [-0.05, 0) is 6.92 Å². The van der Waals surface area contributed by atoms with Gasteiger partial charge < -0.3 is 15.0 Å². The monoisotopic (exact) mass is 270 g/mol. The van der Waals surface area contributed by atoms with Crippen LogP contribution >= 0.6 is 0 Å². The first kappa shape index (κ1) is 15.0. The molecule has 0 atom stereocenters. The number of likely N-dealkylation sites (N-methyl/N-ethyl adjacent to an activating group) is 1. The number of allylic oxidation sites excluding steroid dienone is 1. The molecule has 1 N–H and O–H groups in total. The lowest BCUT2D eigenvalue weighted by atomic mass is 10.3. The Labute approximate surface area is 111 Å². The van der Waals surface area contributed by atoms with Crippen LogP contribution in [0.5, 0.6) is 0 Å². The van der Waals surface area contributed by atoms with Crippen LogP contribution in [-0.2, 0) is 11.3 Å². The van der Waals surface area contributed by atoms with E-state index in [-0.39, 0.29) is 0 Å². The fourth-order valence-electron chi connectivity index (χ4n) is 1.41. The number of hydrogen-bond donors (Lipinski definition) is 1. The van der Waals surface area contributed by atoms with Crippen LogP contribution in [0.2, 0.25) is 0 Å². The standard InChI is InChI=1S/C12H19FN4O2/c1-4-19-12(18)10-5-15-17(7-10)8-11(16(2)3)6-14-9-13/h5-7,14H,4,8-9H2,1-3H3/b11-6-. The topological polar surface area (TPSA) is 59.4 Å². The zero-order chi connectivity index (χ0) is 14.3. The molecule has 0 aromatic carbocycles. The zero-order valence-corrected chi connectivity index (χ0v) is 11.4. The molecule has 7 heteroatoms. The van der Waals surface area contributed by atoms with Crippen molar-refractivity contribution in [2.24, 2.45) is 0 Å². The highest BCUT2D eigenvalue weighted by Crippen LogP contribution is 2.05. The van der Waals surface area contributed by atoms with Crippen LogP contribution < -0.4 is 5.32 Å². The van der Waals surface area contributed by atoms with E-state index in [1.54, 1.807) is 24.0 Å². The second-order valence-electron chi connectivity index (χ2n) is 4.01. The van der Waals surface area contributed by atoms with Crippen molar-refractivity contribution in [3.8, 4) is 0 Å². The lowest BCUT2D eigenvalue weighted by molar-refractivity contribution is 0.0526. The second-order valence-corrected chi connectivity index (χ2v) is 4.01. The van der Waals surface area contributed by atoms with Gasteiger partial charge in [0.1, 0.15) is 0 Å². The average Bonchev–Trinajstić information content (AvgIpc) is 2.83. The number of nitrogens with zero attached hydrogens (tertiary/aromatic N) is 3. The predicted octanol–water partition coefficient (Wildman–Crippen LogP) is 0.979. The number of esters is 1. The fraction of sp³-hybridized carbons (Fsp3) is 0.500. The zero-order valence-electron chi connectivity index (χ0n) is 11.4. The van der Waals surface area contributed by atoms with Gasteiger partial charge in [0.2, 0.25) is 0 Å². The molecule has 0 spiro atoms. The van der Waals surface area contributed by atoms with Gasteiger partial charge in [0.05, 0.1) is 30.6 Å². The van der Waals surface area contributed by atoms with Crippen molar-refractivity contribution in [3.63, 3.8) is 0 Å². The van der Waals surface area contributed by atoms with Crippen LogP contribution in [0.1, 0.15) is 17.3 Å². The Morgan fingerprint density at radius 3 is 2.95 bits per heavy atom. The average molecular weight is 270 g/mol. The van der Waals surface area contributed by atoms with Crippen LogP contribution in [0.15, 0.2) is 24.3 Å². The third-order valence-corrected chi connectivity index (χ3v) is 2.39. The minimum absolute atomic E-state index is 0.327. The van der Waals surface area contributed by atoms with Crippen molar-refractivity contribution < 1.29 is 13.9 Å². The van der Waals surface area contributed by atoms with E-state index >= 15 is 0 Å². The molecule has 0 bridgehead atoms. The molecular weight excluding hydrogens is 251 g/mol. The lowest BCUT2D eigenvalue weighted by Gasteiger charge is -2.17. The molecule has 1 aromatic heterocycles. The summed E-state index contributed by atoms with van der Waals surface area (Å²) in [5, 5.41) is 6.57. The summed E-state index contributed by atoms with van der Waals surface area (Å²) in [5.74, 6) is -0.397. The molecule has 0 fully saturated rings.